The molecule has 4 aromatic rings. The van der Waals surface area contributed by atoms with E-state index in [2.05, 4.69) is 4.98 Å². The summed E-state index contributed by atoms with van der Waals surface area (Å²) in [5, 5.41) is 1.12. The van der Waals surface area contributed by atoms with Gasteiger partial charge in [-0.2, -0.15) is 0 Å². The summed E-state index contributed by atoms with van der Waals surface area (Å²) in [5.41, 5.74) is 1.33. The van der Waals surface area contributed by atoms with Crippen LogP contribution in [0.3, 0.4) is 0 Å². The van der Waals surface area contributed by atoms with Crippen molar-refractivity contribution in [2.24, 2.45) is 0 Å². The monoisotopic (exact) mass is 451 g/mol. The van der Waals surface area contributed by atoms with Gasteiger partial charge in [0.05, 0.1) is 30.1 Å². The minimum atomic E-state index is -0.375. The van der Waals surface area contributed by atoms with E-state index in [1.807, 2.05) is 25.1 Å². The number of aryl methyl sites for hydroxylation is 1. The van der Waals surface area contributed by atoms with Crippen LogP contribution >= 0.6 is 11.6 Å². The zero-order valence-corrected chi connectivity index (χ0v) is 18.3. The van der Waals surface area contributed by atoms with Gasteiger partial charge in [0.25, 0.3) is 5.56 Å². The van der Waals surface area contributed by atoms with Crippen LogP contribution in [-0.4, -0.2) is 26.8 Å². The van der Waals surface area contributed by atoms with Crippen molar-refractivity contribution < 1.29 is 9.15 Å². The van der Waals surface area contributed by atoms with Crippen LogP contribution in [0.5, 0.6) is 0 Å². The van der Waals surface area contributed by atoms with Crippen molar-refractivity contribution in [1.82, 2.24) is 14.1 Å². The van der Waals surface area contributed by atoms with Crippen molar-refractivity contribution in [2.75, 3.05) is 6.61 Å². The number of halogens is 1. The second-order valence-corrected chi connectivity index (χ2v) is 8.40. The average Bonchev–Trinajstić information content (AvgIpc) is 3.44. The number of hydrogen-bond acceptors (Lipinski definition) is 5. The molecule has 0 saturated carbocycles. The molecule has 2 aromatic carbocycles. The highest BCUT2D eigenvalue weighted by Crippen LogP contribution is 2.24. The Morgan fingerprint density at radius 3 is 2.62 bits per heavy atom. The zero-order chi connectivity index (χ0) is 22.2. The maximum absolute atomic E-state index is 13.4. The number of ether oxygens (including phenoxy) is 1. The lowest BCUT2D eigenvalue weighted by molar-refractivity contribution is 0.0948. The molecule has 0 bridgehead atoms. The molecular formula is C24H22ClN3O4. The first-order valence-corrected chi connectivity index (χ1v) is 11.0. The summed E-state index contributed by atoms with van der Waals surface area (Å²) in [4.78, 5) is 31.1. The maximum Gasteiger partial charge on any atom is 0.331 e. The molecule has 1 aliphatic heterocycles. The molecule has 3 heterocycles. The summed E-state index contributed by atoms with van der Waals surface area (Å²) in [6, 6.07) is 14.4. The van der Waals surface area contributed by atoms with Gasteiger partial charge >= 0.3 is 5.69 Å². The molecule has 5 rings (SSSR count). The van der Waals surface area contributed by atoms with E-state index in [4.69, 9.17) is 20.8 Å². The molecule has 164 valence electrons. The molecular weight excluding hydrogens is 430 g/mol. The first-order valence-electron chi connectivity index (χ1n) is 10.6. The van der Waals surface area contributed by atoms with Crippen molar-refractivity contribution in [3.8, 4) is 11.5 Å². The van der Waals surface area contributed by atoms with E-state index in [9.17, 15) is 9.59 Å². The number of nitrogens with zero attached hydrogens (tertiary/aromatic N) is 3. The van der Waals surface area contributed by atoms with Crippen LogP contribution in [0, 0.1) is 6.92 Å². The van der Waals surface area contributed by atoms with Crippen LogP contribution in [0.4, 0.5) is 0 Å². The molecule has 0 amide bonds. The number of oxazole rings is 1. The molecule has 8 heteroatoms. The number of aromatic nitrogens is 3. The van der Waals surface area contributed by atoms with Gasteiger partial charge in [-0.05, 0) is 56.2 Å². The van der Waals surface area contributed by atoms with Crippen molar-refractivity contribution in [3.63, 3.8) is 0 Å². The maximum atomic E-state index is 13.4. The minimum absolute atomic E-state index is 0.125. The largest absolute Gasteiger partial charge is 0.441 e. The van der Waals surface area contributed by atoms with Gasteiger partial charge in [-0.15, -0.1) is 0 Å². The van der Waals surface area contributed by atoms with Gasteiger partial charge in [-0.1, -0.05) is 23.7 Å². The number of para-hydroxylation sites is 1. The zero-order valence-electron chi connectivity index (χ0n) is 17.6. The Balaban J connectivity index is 1.59. The standard InChI is InChI=1S/C24H22ClN3O4/c1-15-20(26-22(32-15)16-8-10-17(25)11-9-16)14-27-21-7-3-2-6-19(21)23(29)28(24(27)30)13-18-5-4-12-31-18/h2-3,6-11,18H,4-5,12-14H2,1H3/t18-/m1/s1. The highest BCUT2D eigenvalue weighted by Gasteiger charge is 2.21. The molecule has 1 saturated heterocycles. The van der Waals surface area contributed by atoms with Gasteiger partial charge in [-0.3, -0.25) is 13.9 Å². The van der Waals surface area contributed by atoms with Crippen LogP contribution in [-0.2, 0) is 17.8 Å². The van der Waals surface area contributed by atoms with Crippen LogP contribution < -0.4 is 11.2 Å². The third-order valence-electron chi connectivity index (χ3n) is 5.83. The second kappa shape index (κ2) is 8.41. The first kappa shape index (κ1) is 20.7. The first-order chi connectivity index (χ1) is 15.5. The molecule has 0 aliphatic carbocycles. The summed E-state index contributed by atoms with van der Waals surface area (Å²) in [6.07, 6.45) is 1.65. The predicted octanol–water partition coefficient (Wildman–Crippen LogP) is 4.01. The summed E-state index contributed by atoms with van der Waals surface area (Å²) in [7, 11) is 0. The van der Waals surface area contributed by atoms with E-state index < -0.39 is 0 Å². The smallest absolute Gasteiger partial charge is 0.331 e. The van der Waals surface area contributed by atoms with Crippen molar-refractivity contribution >= 4 is 22.5 Å². The minimum Gasteiger partial charge on any atom is -0.441 e. The van der Waals surface area contributed by atoms with E-state index in [0.717, 1.165) is 18.4 Å². The quantitative estimate of drug-likeness (QED) is 0.458. The Labute approximate surface area is 188 Å². The Hall–Kier alpha value is -3.16. The van der Waals surface area contributed by atoms with Gasteiger partial charge in [-0.25, -0.2) is 9.78 Å². The summed E-state index contributed by atoms with van der Waals surface area (Å²) in [6.45, 7) is 2.91. The molecule has 0 spiro atoms. The van der Waals surface area contributed by atoms with E-state index in [-0.39, 0.29) is 30.4 Å². The third kappa shape index (κ3) is 3.78. The number of hydrogen-bond donors (Lipinski definition) is 0. The highest BCUT2D eigenvalue weighted by atomic mass is 35.5. The lowest BCUT2D eigenvalue weighted by Crippen LogP contribution is -2.42. The summed E-state index contributed by atoms with van der Waals surface area (Å²) >= 11 is 5.98. The molecule has 1 fully saturated rings. The van der Waals surface area contributed by atoms with Gasteiger partial charge < -0.3 is 9.15 Å². The van der Waals surface area contributed by atoms with Gasteiger partial charge in [0.15, 0.2) is 0 Å². The van der Waals surface area contributed by atoms with Gasteiger partial charge in [0.2, 0.25) is 5.89 Å². The van der Waals surface area contributed by atoms with Crippen molar-refractivity contribution in [2.45, 2.75) is 39.0 Å². The predicted molar refractivity (Wildman–Crippen MR) is 122 cm³/mol. The molecule has 1 aliphatic rings. The van der Waals surface area contributed by atoms with Crippen LogP contribution in [0.2, 0.25) is 5.02 Å². The van der Waals surface area contributed by atoms with Crippen molar-refractivity contribution in [3.05, 3.63) is 85.8 Å². The SMILES string of the molecule is Cc1oc(-c2ccc(Cl)cc2)nc1Cn1c(=O)n(C[C@H]2CCCO2)c(=O)c2ccccc21. The van der Waals surface area contributed by atoms with E-state index in [1.54, 1.807) is 34.9 Å². The molecule has 2 aromatic heterocycles. The number of rotatable bonds is 5. The fraction of sp³-hybridized carbons (Fsp3) is 0.292. The topological polar surface area (TPSA) is 79.3 Å². The number of benzene rings is 2. The molecule has 32 heavy (non-hydrogen) atoms. The molecule has 7 nitrogen and oxygen atoms in total. The number of fused-ring (bicyclic) bond motifs is 1. The molecule has 1 atom stereocenters. The van der Waals surface area contributed by atoms with Crippen LogP contribution in [0.25, 0.3) is 22.4 Å². The summed E-state index contributed by atoms with van der Waals surface area (Å²) in [5.74, 6) is 1.07. The second-order valence-electron chi connectivity index (χ2n) is 7.97. The average molecular weight is 452 g/mol. The lowest BCUT2D eigenvalue weighted by atomic mass is 10.2. The fourth-order valence-electron chi connectivity index (χ4n) is 4.12. The van der Waals surface area contributed by atoms with Crippen LogP contribution in [0.15, 0.2) is 62.5 Å². The molecule has 0 unspecified atom stereocenters. The normalized spacial score (nSPS) is 16.1. The van der Waals surface area contributed by atoms with Crippen molar-refractivity contribution in [1.29, 1.82) is 0 Å². The molecule has 0 radical (unpaired) electrons. The lowest BCUT2D eigenvalue weighted by Gasteiger charge is -2.16. The van der Waals surface area contributed by atoms with Gasteiger partial charge in [0, 0.05) is 17.2 Å². The Bertz CT molecular complexity index is 1400. The Morgan fingerprint density at radius 1 is 1.09 bits per heavy atom. The molecule has 0 N–H and O–H groups in total. The van der Waals surface area contributed by atoms with Gasteiger partial charge in [0.1, 0.15) is 11.5 Å². The van der Waals surface area contributed by atoms with E-state index in [0.29, 0.717) is 39.9 Å². The third-order valence-corrected chi connectivity index (χ3v) is 6.09. The Morgan fingerprint density at radius 2 is 1.88 bits per heavy atom. The van der Waals surface area contributed by atoms with E-state index in [1.165, 1.54) is 4.57 Å². The highest BCUT2D eigenvalue weighted by molar-refractivity contribution is 6.30. The van der Waals surface area contributed by atoms with Crippen LogP contribution in [0.1, 0.15) is 24.3 Å². The Kier molecular flexibility index (Phi) is 5.45. The summed E-state index contributed by atoms with van der Waals surface area (Å²) < 4.78 is 14.4. The fourth-order valence-corrected chi connectivity index (χ4v) is 4.24. The van der Waals surface area contributed by atoms with E-state index >= 15 is 0 Å².